The monoisotopic (exact) mass is 186 g/mol. The van der Waals surface area contributed by atoms with Gasteiger partial charge in [0.05, 0.1) is 19.8 Å². The summed E-state index contributed by atoms with van der Waals surface area (Å²) in [6.45, 7) is 5.57. The van der Waals surface area contributed by atoms with Crippen LogP contribution in [0.4, 0.5) is 0 Å². The lowest BCUT2D eigenvalue weighted by Gasteiger charge is -2.40. The first kappa shape index (κ1) is 9.44. The number of rotatable bonds is 4. The van der Waals surface area contributed by atoms with Gasteiger partial charge < -0.3 is 14.2 Å². The van der Waals surface area contributed by atoms with Gasteiger partial charge in [0.1, 0.15) is 0 Å². The Labute approximate surface area is 79.4 Å². The Morgan fingerprint density at radius 3 is 2.77 bits per heavy atom. The largest absolute Gasteiger partial charge is 0.380 e. The zero-order chi connectivity index (χ0) is 9.15. The van der Waals surface area contributed by atoms with Crippen molar-refractivity contribution in [1.29, 1.82) is 0 Å². The Bertz CT molecular complexity index is 154. The van der Waals surface area contributed by atoms with E-state index in [1.807, 2.05) is 0 Å². The molecule has 2 aliphatic heterocycles. The second-order valence-electron chi connectivity index (χ2n) is 4.10. The van der Waals surface area contributed by atoms with Gasteiger partial charge in [0.15, 0.2) is 6.29 Å². The molecule has 0 radical (unpaired) electrons. The summed E-state index contributed by atoms with van der Waals surface area (Å²) in [5.41, 5.74) is 0.298. The zero-order valence-corrected chi connectivity index (χ0v) is 8.25. The van der Waals surface area contributed by atoms with Crippen molar-refractivity contribution in [1.82, 2.24) is 0 Å². The SMILES string of the molecule is CCC1(COC2CCCO2)COC1. The number of ether oxygens (including phenoxy) is 3. The van der Waals surface area contributed by atoms with Crippen molar-refractivity contribution in [3.8, 4) is 0 Å². The van der Waals surface area contributed by atoms with Crippen LogP contribution in [0.1, 0.15) is 26.2 Å². The predicted octanol–water partition coefficient (Wildman–Crippen LogP) is 1.57. The molecule has 2 rings (SSSR count). The molecule has 0 N–H and O–H groups in total. The van der Waals surface area contributed by atoms with Crippen LogP contribution in [0.15, 0.2) is 0 Å². The highest BCUT2D eigenvalue weighted by atomic mass is 16.7. The molecule has 0 aliphatic carbocycles. The molecular weight excluding hydrogens is 168 g/mol. The summed E-state index contributed by atoms with van der Waals surface area (Å²) in [5.74, 6) is 0. The average molecular weight is 186 g/mol. The van der Waals surface area contributed by atoms with Crippen LogP contribution in [0.5, 0.6) is 0 Å². The molecule has 0 aromatic rings. The van der Waals surface area contributed by atoms with E-state index in [0.29, 0.717) is 5.41 Å². The molecule has 0 aromatic carbocycles. The van der Waals surface area contributed by atoms with E-state index in [4.69, 9.17) is 14.2 Å². The van der Waals surface area contributed by atoms with Gasteiger partial charge in [-0.25, -0.2) is 0 Å². The van der Waals surface area contributed by atoms with Gasteiger partial charge in [-0.3, -0.25) is 0 Å². The molecule has 2 fully saturated rings. The van der Waals surface area contributed by atoms with Gasteiger partial charge in [-0.1, -0.05) is 6.92 Å². The van der Waals surface area contributed by atoms with Gasteiger partial charge >= 0.3 is 0 Å². The summed E-state index contributed by atoms with van der Waals surface area (Å²) in [5, 5.41) is 0. The number of hydrogen-bond acceptors (Lipinski definition) is 3. The van der Waals surface area contributed by atoms with Crippen LogP contribution >= 0.6 is 0 Å². The molecule has 0 amide bonds. The van der Waals surface area contributed by atoms with Gasteiger partial charge in [0.25, 0.3) is 0 Å². The standard InChI is InChI=1S/C10H18O3/c1-2-10(6-11-7-10)8-13-9-4-3-5-12-9/h9H,2-8H2,1H3. The fourth-order valence-electron chi connectivity index (χ4n) is 1.73. The lowest BCUT2D eigenvalue weighted by atomic mass is 9.84. The molecular formula is C10H18O3. The molecule has 2 aliphatic rings. The second-order valence-corrected chi connectivity index (χ2v) is 4.10. The van der Waals surface area contributed by atoms with Crippen molar-refractivity contribution in [3.05, 3.63) is 0 Å². The molecule has 0 saturated carbocycles. The van der Waals surface area contributed by atoms with E-state index in [9.17, 15) is 0 Å². The average Bonchev–Trinajstić information content (AvgIpc) is 2.56. The second kappa shape index (κ2) is 3.95. The Balaban J connectivity index is 1.71. The smallest absolute Gasteiger partial charge is 0.157 e. The highest BCUT2D eigenvalue weighted by molar-refractivity contribution is 4.84. The van der Waals surface area contributed by atoms with Crippen LogP contribution in [0.25, 0.3) is 0 Å². The molecule has 0 aromatic heterocycles. The topological polar surface area (TPSA) is 27.7 Å². The molecule has 3 heteroatoms. The molecule has 13 heavy (non-hydrogen) atoms. The summed E-state index contributed by atoms with van der Waals surface area (Å²) in [6, 6.07) is 0. The van der Waals surface area contributed by atoms with Crippen LogP contribution < -0.4 is 0 Å². The quantitative estimate of drug-likeness (QED) is 0.667. The lowest BCUT2D eigenvalue weighted by Crippen LogP contribution is -2.46. The van der Waals surface area contributed by atoms with E-state index in [1.54, 1.807) is 0 Å². The van der Waals surface area contributed by atoms with Crippen molar-refractivity contribution >= 4 is 0 Å². The zero-order valence-electron chi connectivity index (χ0n) is 8.25. The van der Waals surface area contributed by atoms with Crippen molar-refractivity contribution < 1.29 is 14.2 Å². The summed E-state index contributed by atoms with van der Waals surface area (Å²) >= 11 is 0. The van der Waals surface area contributed by atoms with E-state index in [0.717, 1.165) is 45.7 Å². The Kier molecular flexibility index (Phi) is 2.86. The molecule has 3 nitrogen and oxygen atoms in total. The molecule has 2 heterocycles. The summed E-state index contributed by atoms with van der Waals surface area (Å²) in [7, 11) is 0. The van der Waals surface area contributed by atoms with Crippen LogP contribution in [0.2, 0.25) is 0 Å². The van der Waals surface area contributed by atoms with Crippen molar-refractivity contribution in [2.75, 3.05) is 26.4 Å². The van der Waals surface area contributed by atoms with Crippen LogP contribution in [0.3, 0.4) is 0 Å². The van der Waals surface area contributed by atoms with E-state index < -0.39 is 0 Å². The van der Waals surface area contributed by atoms with E-state index >= 15 is 0 Å². The number of hydrogen-bond donors (Lipinski definition) is 0. The molecule has 1 unspecified atom stereocenters. The molecule has 1 atom stereocenters. The van der Waals surface area contributed by atoms with Gasteiger partial charge in [-0.05, 0) is 12.8 Å². The van der Waals surface area contributed by atoms with Gasteiger partial charge in [-0.15, -0.1) is 0 Å². The molecule has 76 valence electrons. The maximum atomic E-state index is 5.70. The third-order valence-corrected chi connectivity index (χ3v) is 3.03. The van der Waals surface area contributed by atoms with Gasteiger partial charge in [0.2, 0.25) is 0 Å². The fraction of sp³-hybridized carbons (Fsp3) is 1.00. The van der Waals surface area contributed by atoms with Crippen LogP contribution in [0, 0.1) is 5.41 Å². The highest BCUT2D eigenvalue weighted by Crippen LogP contribution is 2.32. The third-order valence-electron chi connectivity index (χ3n) is 3.03. The minimum absolute atomic E-state index is 0.0593. The Morgan fingerprint density at radius 1 is 1.46 bits per heavy atom. The minimum atomic E-state index is 0.0593. The normalized spacial score (nSPS) is 31.6. The van der Waals surface area contributed by atoms with Crippen LogP contribution in [-0.2, 0) is 14.2 Å². The minimum Gasteiger partial charge on any atom is -0.380 e. The summed E-state index contributed by atoms with van der Waals surface area (Å²) in [4.78, 5) is 0. The first-order valence-corrected chi connectivity index (χ1v) is 5.16. The maximum Gasteiger partial charge on any atom is 0.157 e. The van der Waals surface area contributed by atoms with Crippen molar-refractivity contribution in [2.24, 2.45) is 5.41 Å². The lowest BCUT2D eigenvalue weighted by molar-refractivity contribution is -0.195. The predicted molar refractivity (Wildman–Crippen MR) is 48.5 cm³/mol. The van der Waals surface area contributed by atoms with E-state index in [1.165, 1.54) is 0 Å². The molecule has 0 bridgehead atoms. The summed E-state index contributed by atoms with van der Waals surface area (Å²) < 4.78 is 16.3. The Hall–Kier alpha value is -0.120. The van der Waals surface area contributed by atoms with E-state index in [2.05, 4.69) is 6.92 Å². The highest BCUT2D eigenvalue weighted by Gasteiger charge is 2.38. The Morgan fingerprint density at radius 2 is 2.31 bits per heavy atom. The molecule has 2 saturated heterocycles. The first-order valence-electron chi connectivity index (χ1n) is 5.16. The van der Waals surface area contributed by atoms with Crippen molar-refractivity contribution in [2.45, 2.75) is 32.5 Å². The summed E-state index contributed by atoms with van der Waals surface area (Å²) in [6.07, 6.45) is 3.39. The third kappa shape index (κ3) is 2.03. The van der Waals surface area contributed by atoms with Crippen LogP contribution in [-0.4, -0.2) is 32.7 Å². The van der Waals surface area contributed by atoms with Crippen molar-refractivity contribution in [3.63, 3.8) is 0 Å². The fourth-order valence-corrected chi connectivity index (χ4v) is 1.73. The van der Waals surface area contributed by atoms with Gasteiger partial charge in [0, 0.05) is 18.4 Å². The van der Waals surface area contributed by atoms with Gasteiger partial charge in [-0.2, -0.15) is 0 Å². The maximum absolute atomic E-state index is 5.70. The first-order chi connectivity index (χ1) is 6.35. The molecule has 0 spiro atoms. The van der Waals surface area contributed by atoms with E-state index in [-0.39, 0.29) is 6.29 Å².